The van der Waals surface area contributed by atoms with Crippen molar-refractivity contribution in [3.63, 3.8) is 0 Å². The van der Waals surface area contributed by atoms with E-state index in [0.717, 1.165) is 21.9 Å². The molecule has 0 aliphatic carbocycles. The Balaban J connectivity index is 1.31. The van der Waals surface area contributed by atoms with Gasteiger partial charge in [0.15, 0.2) is 11.3 Å². The van der Waals surface area contributed by atoms with Gasteiger partial charge in [0.1, 0.15) is 0 Å². The van der Waals surface area contributed by atoms with Crippen molar-refractivity contribution in [3.05, 3.63) is 96.6 Å². The Kier molecular flexibility index (Phi) is 4.91. The molecule has 0 saturated heterocycles. The third-order valence-electron chi connectivity index (χ3n) is 5.12. The lowest BCUT2D eigenvalue weighted by Gasteiger charge is -2.08. The number of carbonyl (C=O) groups excluding carboxylic acids is 1. The predicted octanol–water partition coefficient (Wildman–Crippen LogP) is 4.14. The highest BCUT2D eigenvalue weighted by Gasteiger charge is 2.18. The third-order valence-corrected chi connectivity index (χ3v) is 6.89. The zero-order valence-electron chi connectivity index (χ0n) is 16.7. The number of amides is 1. The van der Waals surface area contributed by atoms with Crippen molar-refractivity contribution in [3.8, 4) is 0 Å². The van der Waals surface area contributed by atoms with Crippen molar-refractivity contribution in [2.45, 2.75) is 16.3 Å². The Labute approximate surface area is 183 Å². The first kappa shape index (κ1) is 19.9. The number of aromatic nitrogens is 2. The lowest BCUT2D eigenvalue weighted by molar-refractivity contribution is 0.0925. The van der Waals surface area contributed by atoms with Gasteiger partial charge in [0.2, 0.25) is 9.84 Å². The average molecular weight is 443 g/mol. The number of nitrogens with one attached hydrogen (secondary N) is 1. The molecular weight excluding hydrogens is 426 g/mol. The van der Waals surface area contributed by atoms with Crippen LogP contribution >= 0.6 is 0 Å². The number of benzene rings is 2. The monoisotopic (exact) mass is 443 g/mol. The van der Waals surface area contributed by atoms with Gasteiger partial charge >= 0.3 is 0 Å². The van der Waals surface area contributed by atoms with Crippen LogP contribution in [0.3, 0.4) is 0 Å². The fourth-order valence-electron chi connectivity index (χ4n) is 3.41. The van der Waals surface area contributed by atoms with Crippen LogP contribution in [0, 0.1) is 0 Å². The van der Waals surface area contributed by atoms with Crippen molar-refractivity contribution in [1.29, 1.82) is 0 Å². The highest BCUT2D eigenvalue weighted by molar-refractivity contribution is 7.91. The van der Waals surface area contributed by atoms with Crippen LogP contribution in [0.2, 0.25) is 0 Å². The first-order chi connectivity index (χ1) is 15.5. The Morgan fingerprint density at radius 3 is 2.53 bits per heavy atom. The summed E-state index contributed by atoms with van der Waals surface area (Å²) < 4.78 is 31.5. The Hall–Kier alpha value is -4.04. The molecule has 0 radical (unpaired) electrons. The van der Waals surface area contributed by atoms with Crippen LogP contribution in [0.1, 0.15) is 16.1 Å². The lowest BCUT2D eigenvalue weighted by atomic mass is 10.2. The van der Waals surface area contributed by atoms with Crippen LogP contribution in [0.4, 0.5) is 0 Å². The smallest absolute Gasteiger partial charge is 0.287 e. The molecule has 0 aliphatic heterocycles. The standard InChI is InChI=1S/C24H17N3O4S/c28-24(22-13-18-9-11-25-15-23(18)31-22)27-14-16-3-5-19(6-4-16)32(29,30)20-7-8-21-17(12-20)2-1-10-26-21/h1-13,15H,14H2,(H,27,28). The average Bonchev–Trinajstić information content (AvgIpc) is 3.27. The van der Waals surface area contributed by atoms with E-state index in [0.29, 0.717) is 5.58 Å². The maximum atomic E-state index is 13.0. The van der Waals surface area contributed by atoms with Crippen molar-refractivity contribution in [1.82, 2.24) is 15.3 Å². The van der Waals surface area contributed by atoms with Gasteiger partial charge in [-0.15, -0.1) is 0 Å². The van der Waals surface area contributed by atoms with Gasteiger partial charge in [-0.2, -0.15) is 0 Å². The van der Waals surface area contributed by atoms with Crippen LogP contribution in [0.25, 0.3) is 21.9 Å². The summed E-state index contributed by atoms with van der Waals surface area (Å²) >= 11 is 0. The number of hydrogen-bond donors (Lipinski definition) is 1. The summed E-state index contributed by atoms with van der Waals surface area (Å²) in [7, 11) is -3.67. The molecule has 0 aliphatic rings. The first-order valence-electron chi connectivity index (χ1n) is 9.81. The van der Waals surface area contributed by atoms with Gasteiger partial charge in [0, 0.05) is 29.7 Å². The number of carbonyl (C=O) groups is 1. The van der Waals surface area contributed by atoms with Crippen molar-refractivity contribution in [2.75, 3.05) is 0 Å². The third kappa shape index (κ3) is 3.72. The Morgan fingerprint density at radius 2 is 1.72 bits per heavy atom. The van der Waals surface area contributed by atoms with E-state index >= 15 is 0 Å². The van der Waals surface area contributed by atoms with Gasteiger partial charge < -0.3 is 9.73 Å². The molecule has 1 amide bonds. The second-order valence-electron chi connectivity index (χ2n) is 7.21. The molecule has 0 atom stereocenters. The zero-order chi connectivity index (χ0) is 22.1. The number of fused-ring (bicyclic) bond motifs is 2. The maximum absolute atomic E-state index is 13.0. The number of rotatable bonds is 5. The SMILES string of the molecule is O=C(NCc1ccc(S(=O)(=O)c2ccc3ncccc3c2)cc1)c1cc2ccncc2o1. The van der Waals surface area contributed by atoms with E-state index in [2.05, 4.69) is 15.3 Å². The van der Waals surface area contributed by atoms with Crippen LogP contribution in [-0.2, 0) is 16.4 Å². The van der Waals surface area contributed by atoms with Crippen LogP contribution in [0.15, 0.2) is 99.5 Å². The fraction of sp³-hybridized carbons (Fsp3) is 0.0417. The number of furan rings is 1. The van der Waals surface area contributed by atoms with Crippen molar-refractivity contribution < 1.29 is 17.6 Å². The quantitative estimate of drug-likeness (QED) is 0.438. The molecule has 0 fully saturated rings. The first-order valence-corrected chi connectivity index (χ1v) is 11.3. The maximum Gasteiger partial charge on any atom is 0.287 e. The lowest BCUT2D eigenvalue weighted by Crippen LogP contribution is -2.22. The van der Waals surface area contributed by atoms with E-state index < -0.39 is 9.84 Å². The van der Waals surface area contributed by atoms with Crippen LogP contribution < -0.4 is 5.32 Å². The van der Waals surface area contributed by atoms with Crippen LogP contribution in [0.5, 0.6) is 0 Å². The molecule has 2 aromatic carbocycles. The molecule has 1 N–H and O–H groups in total. The summed E-state index contributed by atoms with van der Waals surface area (Å²) in [4.78, 5) is 21.0. The predicted molar refractivity (Wildman–Crippen MR) is 119 cm³/mol. The molecule has 0 spiro atoms. The Bertz CT molecular complexity index is 1520. The normalized spacial score (nSPS) is 11.6. The number of nitrogens with zero attached hydrogens (tertiary/aromatic N) is 2. The van der Waals surface area contributed by atoms with Gasteiger partial charge in [-0.25, -0.2) is 8.42 Å². The van der Waals surface area contributed by atoms with E-state index in [-0.39, 0.29) is 28.0 Å². The van der Waals surface area contributed by atoms with Crippen LogP contribution in [-0.4, -0.2) is 24.3 Å². The molecule has 5 aromatic rings. The fourth-order valence-corrected chi connectivity index (χ4v) is 4.71. The minimum atomic E-state index is -3.67. The topological polar surface area (TPSA) is 102 Å². The van der Waals surface area contributed by atoms with E-state index in [1.807, 2.05) is 6.07 Å². The second-order valence-corrected chi connectivity index (χ2v) is 9.16. The summed E-state index contributed by atoms with van der Waals surface area (Å²) in [6.07, 6.45) is 4.85. The van der Waals surface area contributed by atoms with Gasteiger partial charge in [-0.05, 0) is 54.1 Å². The number of hydrogen-bond acceptors (Lipinski definition) is 6. The van der Waals surface area contributed by atoms with Gasteiger partial charge in [0.25, 0.3) is 5.91 Å². The van der Waals surface area contributed by atoms with E-state index in [1.165, 1.54) is 12.1 Å². The highest BCUT2D eigenvalue weighted by Crippen LogP contribution is 2.24. The van der Waals surface area contributed by atoms with Crippen molar-refractivity contribution >= 4 is 37.6 Å². The minimum absolute atomic E-state index is 0.181. The minimum Gasteiger partial charge on any atom is -0.449 e. The molecular formula is C24H17N3O4S. The van der Waals surface area contributed by atoms with Gasteiger partial charge in [-0.1, -0.05) is 18.2 Å². The molecule has 0 unspecified atom stereocenters. The molecule has 7 nitrogen and oxygen atoms in total. The zero-order valence-corrected chi connectivity index (χ0v) is 17.5. The molecule has 8 heteroatoms. The van der Waals surface area contributed by atoms with Gasteiger partial charge in [0.05, 0.1) is 21.5 Å². The van der Waals surface area contributed by atoms with E-state index in [4.69, 9.17) is 4.42 Å². The van der Waals surface area contributed by atoms with E-state index in [9.17, 15) is 13.2 Å². The largest absolute Gasteiger partial charge is 0.449 e. The molecule has 0 bridgehead atoms. The summed E-state index contributed by atoms with van der Waals surface area (Å²) in [6.45, 7) is 0.232. The number of sulfone groups is 1. The van der Waals surface area contributed by atoms with E-state index in [1.54, 1.807) is 67.1 Å². The summed E-state index contributed by atoms with van der Waals surface area (Å²) in [5.74, 6) is -0.166. The Morgan fingerprint density at radius 1 is 0.906 bits per heavy atom. The second kappa shape index (κ2) is 7.90. The van der Waals surface area contributed by atoms with Crippen molar-refractivity contribution in [2.24, 2.45) is 0 Å². The molecule has 3 aromatic heterocycles. The molecule has 5 rings (SSSR count). The van der Waals surface area contributed by atoms with Gasteiger partial charge in [-0.3, -0.25) is 14.8 Å². The molecule has 32 heavy (non-hydrogen) atoms. The molecule has 158 valence electrons. The molecule has 3 heterocycles. The summed E-state index contributed by atoms with van der Waals surface area (Å²) in [5, 5.41) is 4.33. The molecule has 0 saturated carbocycles. The summed E-state index contributed by atoms with van der Waals surface area (Å²) in [5.41, 5.74) is 2.03. The summed E-state index contributed by atoms with van der Waals surface area (Å²) in [6, 6.07) is 18.3. The highest BCUT2D eigenvalue weighted by atomic mass is 32.2. The number of pyridine rings is 2.